The summed E-state index contributed by atoms with van der Waals surface area (Å²) in [5, 5.41) is 0. The average Bonchev–Trinajstić information content (AvgIpc) is 2.26. The molecule has 0 radical (unpaired) electrons. The van der Waals surface area contributed by atoms with Gasteiger partial charge < -0.3 is 9.05 Å². The van der Waals surface area contributed by atoms with Crippen molar-refractivity contribution < 1.29 is 18.4 Å². The molecule has 0 heterocycles. The predicted octanol–water partition coefficient (Wildman–Crippen LogP) is 4.05. The third kappa shape index (κ3) is 3.60. The Morgan fingerprint density at radius 3 is 2.39 bits per heavy atom. The molecule has 0 N–H and O–H groups in total. The van der Waals surface area contributed by atoms with Crippen molar-refractivity contribution in [3.8, 4) is 0 Å². The largest absolute Gasteiger partial charge is 0.390 e. The second kappa shape index (κ2) is 6.56. The lowest BCUT2D eigenvalue weighted by Crippen LogP contribution is -2.41. The number of carbonyl (C=O) groups is 1. The molecule has 0 spiro atoms. The van der Waals surface area contributed by atoms with Crippen LogP contribution in [0.25, 0.3) is 0 Å². The first-order valence-electron chi connectivity index (χ1n) is 6.51. The molecule has 0 aromatic rings. The quantitative estimate of drug-likeness (QED) is 0.692. The number of ketones is 1. The summed E-state index contributed by atoms with van der Waals surface area (Å²) in [6, 6.07) is 0. The molecule has 4 nitrogen and oxygen atoms in total. The standard InChI is InChI=1S/C12H23O4PS/c1-5-15-17(14,16-6-2)18-12(4)10(3)8-7-9-11(12)13/h10H,5-9H2,1-4H3. The van der Waals surface area contributed by atoms with Crippen LogP contribution in [0.15, 0.2) is 0 Å². The van der Waals surface area contributed by atoms with Crippen molar-refractivity contribution in [2.45, 2.75) is 51.7 Å². The highest BCUT2D eigenvalue weighted by Gasteiger charge is 2.47. The van der Waals surface area contributed by atoms with Crippen molar-refractivity contribution in [2.24, 2.45) is 5.92 Å². The number of rotatable bonds is 6. The molecule has 0 bridgehead atoms. The van der Waals surface area contributed by atoms with Gasteiger partial charge in [-0.05, 0) is 50.9 Å². The molecule has 2 unspecified atom stereocenters. The van der Waals surface area contributed by atoms with E-state index in [0.717, 1.165) is 24.2 Å². The van der Waals surface area contributed by atoms with Gasteiger partial charge in [0.25, 0.3) is 0 Å². The summed E-state index contributed by atoms with van der Waals surface area (Å²) in [4.78, 5) is 12.2. The molecule has 1 aliphatic rings. The molecule has 106 valence electrons. The summed E-state index contributed by atoms with van der Waals surface area (Å²) >= 11 is 1.10. The summed E-state index contributed by atoms with van der Waals surface area (Å²) in [6.07, 6.45) is 2.46. The highest BCUT2D eigenvalue weighted by molar-refractivity contribution is 8.56. The predicted molar refractivity (Wildman–Crippen MR) is 74.9 cm³/mol. The Labute approximate surface area is 113 Å². The van der Waals surface area contributed by atoms with Gasteiger partial charge in [0.1, 0.15) is 5.78 Å². The zero-order chi connectivity index (χ0) is 13.8. The molecule has 18 heavy (non-hydrogen) atoms. The summed E-state index contributed by atoms with van der Waals surface area (Å²) in [7, 11) is 0. The Bertz CT molecular complexity index is 337. The third-order valence-corrected chi connectivity index (χ3v) is 8.23. The van der Waals surface area contributed by atoms with Crippen molar-refractivity contribution in [1.29, 1.82) is 0 Å². The monoisotopic (exact) mass is 294 g/mol. The molecular weight excluding hydrogens is 271 g/mol. The molecule has 0 aromatic heterocycles. The van der Waals surface area contributed by atoms with Crippen molar-refractivity contribution in [1.82, 2.24) is 0 Å². The van der Waals surface area contributed by atoms with E-state index in [1.165, 1.54) is 0 Å². The van der Waals surface area contributed by atoms with E-state index in [2.05, 4.69) is 0 Å². The van der Waals surface area contributed by atoms with Crippen LogP contribution < -0.4 is 0 Å². The maximum absolute atomic E-state index is 12.5. The van der Waals surface area contributed by atoms with Crippen LogP contribution in [-0.2, 0) is 18.4 Å². The zero-order valence-corrected chi connectivity index (χ0v) is 13.3. The van der Waals surface area contributed by atoms with Crippen LogP contribution in [0.2, 0.25) is 0 Å². The molecule has 1 aliphatic carbocycles. The minimum absolute atomic E-state index is 0.158. The second-order valence-corrected chi connectivity index (χ2v) is 9.03. The third-order valence-electron chi connectivity index (χ3n) is 3.41. The van der Waals surface area contributed by atoms with Crippen LogP contribution in [0.5, 0.6) is 0 Å². The highest BCUT2D eigenvalue weighted by Crippen LogP contribution is 2.67. The van der Waals surface area contributed by atoms with Gasteiger partial charge in [-0.25, -0.2) is 4.57 Å². The SMILES string of the molecule is CCOP(=O)(OCC)SC1(C)C(=O)CCCC1C. The highest BCUT2D eigenvalue weighted by atomic mass is 32.7. The summed E-state index contributed by atoms with van der Waals surface area (Å²) in [6.45, 7) is 4.87. The molecular formula is C12H23O4PS. The first-order chi connectivity index (χ1) is 8.38. The van der Waals surface area contributed by atoms with E-state index in [-0.39, 0.29) is 11.7 Å². The maximum Gasteiger partial charge on any atom is 0.390 e. The average molecular weight is 294 g/mol. The topological polar surface area (TPSA) is 52.6 Å². The number of hydrogen-bond donors (Lipinski definition) is 0. The van der Waals surface area contributed by atoms with Gasteiger partial charge in [-0.3, -0.25) is 4.79 Å². The lowest BCUT2D eigenvalue weighted by molar-refractivity contribution is -0.123. The van der Waals surface area contributed by atoms with Gasteiger partial charge in [-0.2, -0.15) is 0 Å². The van der Waals surface area contributed by atoms with E-state index in [0.29, 0.717) is 19.6 Å². The minimum atomic E-state index is -3.23. The molecule has 0 aromatic carbocycles. The van der Waals surface area contributed by atoms with Gasteiger partial charge in [0.15, 0.2) is 0 Å². The lowest BCUT2D eigenvalue weighted by Gasteiger charge is -2.38. The smallest absolute Gasteiger partial charge is 0.301 e. The fourth-order valence-corrected chi connectivity index (χ4v) is 7.11. The van der Waals surface area contributed by atoms with Crippen LogP contribution in [0.1, 0.15) is 47.0 Å². The molecule has 1 rings (SSSR count). The van der Waals surface area contributed by atoms with Crippen molar-refractivity contribution in [3.05, 3.63) is 0 Å². The number of carbonyl (C=O) groups excluding carboxylic acids is 1. The zero-order valence-electron chi connectivity index (χ0n) is 11.6. The van der Waals surface area contributed by atoms with Crippen molar-refractivity contribution >= 4 is 24.0 Å². The van der Waals surface area contributed by atoms with Crippen LogP contribution >= 0.6 is 18.2 Å². The Morgan fingerprint density at radius 1 is 1.39 bits per heavy atom. The van der Waals surface area contributed by atoms with Crippen LogP contribution in [0.4, 0.5) is 0 Å². The normalized spacial score (nSPS) is 29.6. The van der Waals surface area contributed by atoms with Gasteiger partial charge in [0.2, 0.25) is 0 Å². The molecule has 2 atom stereocenters. The molecule has 0 amide bonds. The number of hydrogen-bond acceptors (Lipinski definition) is 5. The summed E-state index contributed by atoms with van der Waals surface area (Å²) in [5.41, 5.74) is 0. The summed E-state index contributed by atoms with van der Waals surface area (Å²) in [5.74, 6) is 0.351. The van der Waals surface area contributed by atoms with E-state index in [4.69, 9.17) is 9.05 Å². The van der Waals surface area contributed by atoms with Crippen molar-refractivity contribution in [2.75, 3.05) is 13.2 Å². The second-order valence-electron chi connectivity index (χ2n) is 4.70. The molecule has 0 saturated heterocycles. The van der Waals surface area contributed by atoms with Gasteiger partial charge >= 0.3 is 6.80 Å². The molecule has 1 saturated carbocycles. The first-order valence-corrected chi connectivity index (χ1v) is 9.47. The fraction of sp³-hybridized carbons (Fsp3) is 0.917. The molecule has 1 fully saturated rings. The Morgan fingerprint density at radius 2 is 1.94 bits per heavy atom. The first kappa shape index (κ1) is 16.2. The molecule has 6 heteroatoms. The van der Waals surface area contributed by atoms with Gasteiger partial charge in [-0.15, -0.1) is 0 Å². The van der Waals surface area contributed by atoms with E-state index in [1.54, 1.807) is 13.8 Å². The van der Waals surface area contributed by atoms with Gasteiger partial charge in [0.05, 0.1) is 18.0 Å². The summed E-state index contributed by atoms with van der Waals surface area (Å²) < 4.78 is 22.4. The fourth-order valence-electron chi connectivity index (χ4n) is 2.15. The van der Waals surface area contributed by atoms with E-state index >= 15 is 0 Å². The molecule has 0 aliphatic heterocycles. The van der Waals surface area contributed by atoms with Gasteiger partial charge in [-0.1, -0.05) is 6.92 Å². The number of Topliss-reactive ketones (excluding diaryl/α,β-unsaturated/α-hetero) is 1. The van der Waals surface area contributed by atoms with Gasteiger partial charge in [0, 0.05) is 6.42 Å². The Kier molecular flexibility index (Phi) is 5.91. The van der Waals surface area contributed by atoms with E-state index < -0.39 is 11.5 Å². The van der Waals surface area contributed by atoms with Crippen LogP contribution in [0, 0.1) is 5.92 Å². The minimum Gasteiger partial charge on any atom is -0.301 e. The Hall–Kier alpha value is 0.170. The maximum atomic E-state index is 12.5. The van der Waals surface area contributed by atoms with Crippen molar-refractivity contribution in [3.63, 3.8) is 0 Å². The van der Waals surface area contributed by atoms with E-state index in [9.17, 15) is 9.36 Å². The van der Waals surface area contributed by atoms with Crippen LogP contribution in [0.3, 0.4) is 0 Å². The van der Waals surface area contributed by atoms with E-state index in [1.807, 2.05) is 13.8 Å². The Balaban J connectivity index is 2.89. The van der Waals surface area contributed by atoms with Crippen LogP contribution in [-0.4, -0.2) is 23.7 Å². The lowest BCUT2D eigenvalue weighted by atomic mass is 9.80.